The highest BCUT2D eigenvalue weighted by Crippen LogP contribution is 2.24. The molecule has 0 saturated heterocycles. The Kier molecular flexibility index (Phi) is 10.4. The van der Waals surface area contributed by atoms with E-state index in [0.717, 1.165) is 44.6 Å². The average molecular weight is 695 g/mol. The molecular formula is C42H39ClN6O2. The molecule has 8 nitrogen and oxygen atoms in total. The highest BCUT2D eigenvalue weighted by atomic mass is 35.5. The summed E-state index contributed by atoms with van der Waals surface area (Å²) in [5.41, 5.74) is 11.1. The van der Waals surface area contributed by atoms with Gasteiger partial charge in [0.1, 0.15) is 0 Å². The number of aromatic nitrogens is 4. The molecule has 0 bridgehead atoms. The van der Waals surface area contributed by atoms with Gasteiger partial charge in [-0.25, -0.2) is 9.36 Å². The Hall–Kier alpha value is -5.99. The maximum Gasteiger partial charge on any atom is 0.226 e. The number of anilines is 2. The quantitative estimate of drug-likeness (QED) is 0.138. The molecule has 0 radical (unpaired) electrons. The van der Waals surface area contributed by atoms with Crippen molar-refractivity contribution in [1.82, 2.24) is 19.6 Å². The lowest BCUT2D eigenvalue weighted by Crippen LogP contribution is -2.17. The van der Waals surface area contributed by atoms with Gasteiger partial charge in [0.15, 0.2) is 0 Å². The predicted molar refractivity (Wildman–Crippen MR) is 211 cm³/mol. The average Bonchev–Trinajstić information content (AvgIpc) is 3.76. The Labute approximate surface area is 301 Å². The Balaban J connectivity index is 0.000000154. The van der Waals surface area contributed by atoms with Crippen molar-refractivity contribution in [3.8, 4) is 11.4 Å². The molecule has 0 spiro atoms. The number of rotatable bonds is 5. The van der Waals surface area contributed by atoms with Gasteiger partial charge in [0.25, 0.3) is 0 Å². The highest BCUT2D eigenvalue weighted by molar-refractivity contribution is 6.63. The molecule has 2 heterocycles. The molecule has 0 aliphatic carbocycles. The van der Waals surface area contributed by atoms with Crippen molar-refractivity contribution < 1.29 is 9.59 Å². The van der Waals surface area contributed by atoms with Crippen LogP contribution in [0.2, 0.25) is 0 Å². The molecule has 256 valence electrons. The van der Waals surface area contributed by atoms with E-state index in [2.05, 4.69) is 76.2 Å². The summed E-state index contributed by atoms with van der Waals surface area (Å²) in [6.45, 7) is 7.27. The van der Waals surface area contributed by atoms with Gasteiger partial charge in [-0.15, -0.1) is 0 Å². The Morgan fingerprint density at radius 1 is 0.588 bits per heavy atom. The molecule has 0 fully saturated rings. The summed E-state index contributed by atoms with van der Waals surface area (Å²) in [5.74, 6) is -0.0640. The van der Waals surface area contributed by atoms with Gasteiger partial charge in [-0.05, 0) is 93.8 Å². The molecule has 51 heavy (non-hydrogen) atoms. The van der Waals surface area contributed by atoms with Gasteiger partial charge in [-0.2, -0.15) is 10.2 Å². The lowest BCUT2D eigenvalue weighted by atomic mass is 10.1. The number of benzene rings is 6. The lowest BCUT2D eigenvalue weighted by molar-refractivity contribution is -0.119. The topological polar surface area (TPSA) is 108 Å². The van der Waals surface area contributed by atoms with Gasteiger partial charge >= 0.3 is 0 Å². The number of hydrogen-bond donors (Lipinski definition) is 2. The van der Waals surface area contributed by atoms with Crippen LogP contribution in [0.5, 0.6) is 0 Å². The van der Waals surface area contributed by atoms with Crippen molar-refractivity contribution in [2.75, 3.05) is 11.1 Å². The number of nitrogens with one attached hydrogen (secondary N) is 1. The third kappa shape index (κ3) is 8.43. The predicted octanol–water partition coefficient (Wildman–Crippen LogP) is 9.94. The molecule has 3 N–H and O–H groups in total. The number of halogens is 1. The van der Waals surface area contributed by atoms with Gasteiger partial charge in [0, 0.05) is 46.4 Å². The molecule has 0 unspecified atom stereocenters. The van der Waals surface area contributed by atoms with Crippen LogP contribution in [0.25, 0.3) is 54.7 Å². The number of nitrogens with zero attached hydrogens (tertiary/aromatic N) is 4. The third-order valence-corrected chi connectivity index (χ3v) is 8.72. The Morgan fingerprint density at radius 2 is 1.04 bits per heavy atom. The van der Waals surface area contributed by atoms with E-state index in [4.69, 9.17) is 17.3 Å². The van der Waals surface area contributed by atoms with Crippen molar-refractivity contribution >= 4 is 77.5 Å². The first-order valence-electron chi connectivity index (χ1n) is 16.8. The molecule has 9 heteroatoms. The second-order valence-corrected chi connectivity index (χ2v) is 13.3. The largest absolute Gasteiger partial charge is 0.399 e. The van der Waals surface area contributed by atoms with Crippen LogP contribution < -0.4 is 11.1 Å². The minimum atomic E-state index is -0.269. The summed E-state index contributed by atoms with van der Waals surface area (Å²) >= 11 is 4.97. The van der Waals surface area contributed by atoms with E-state index >= 15 is 0 Å². The summed E-state index contributed by atoms with van der Waals surface area (Å²) < 4.78 is 3.78. The zero-order valence-electron chi connectivity index (χ0n) is 28.9. The number of amides is 1. The Bertz CT molecular complexity index is 2500. The third-order valence-electron chi connectivity index (χ3n) is 8.28. The van der Waals surface area contributed by atoms with E-state index in [1.165, 1.54) is 21.5 Å². The van der Waals surface area contributed by atoms with Gasteiger partial charge in [-0.1, -0.05) is 88.4 Å². The Morgan fingerprint density at radius 3 is 1.53 bits per heavy atom. The summed E-state index contributed by atoms with van der Waals surface area (Å²) in [6, 6.07) is 40.8. The summed E-state index contributed by atoms with van der Waals surface area (Å²) in [4.78, 5) is 21.8. The molecule has 0 aliphatic rings. The van der Waals surface area contributed by atoms with Crippen molar-refractivity contribution in [2.45, 2.75) is 27.7 Å². The molecule has 2 aromatic heterocycles. The number of carbonyl (C=O) groups is 2. The molecule has 8 rings (SSSR count). The van der Waals surface area contributed by atoms with E-state index < -0.39 is 0 Å². The number of nitrogens with two attached hydrogens (primary N) is 1. The molecule has 8 aromatic rings. The first-order valence-corrected chi connectivity index (χ1v) is 17.1. The van der Waals surface area contributed by atoms with Crippen molar-refractivity contribution in [3.63, 3.8) is 0 Å². The molecule has 6 aromatic carbocycles. The normalized spacial score (nSPS) is 11.0. The molecule has 1 amide bonds. The van der Waals surface area contributed by atoms with Crippen LogP contribution in [0.15, 0.2) is 134 Å². The van der Waals surface area contributed by atoms with Crippen LogP contribution in [0.1, 0.15) is 27.7 Å². The summed E-state index contributed by atoms with van der Waals surface area (Å²) in [6.07, 6.45) is 4.03. The van der Waals surface area contributed by atoms with Gasteiger partial charge in [-0.3, -0.25) is 9.59 Å². The van der Waals surface area contributed by atoms with E-state index in [-0.39, 0.29) is 23.0 Å². The number of hydrogen-bond acceptors (Lipinski definition) is 5. The van der Waals surface area contributed by atoms with Crippen LogP contribution in [-0.4, -0.2) is 30.7 Å². The molecular weight excluding hydrogens is 656 g/mol. The zero-order chi connectivity index (χ0) is 36.1. The van der Waals surface area contributed by atoms with E-state index in [1.807, 2.05) is 96.3 Å². The smallest absolute Gasteiger partial charge is 0.226 e. The monoisotopic (exact) mass is 694 g/mol. The summed E-state index contributed by atoms with van der Waals surface area (Å²) in [5, 5.41) is 18.9. The van der Waals surface area contributed by atoms with E-state index in [0.29, 0.717) is 0 Å². The van der Waals surface area contributed by atoms with Gasteiger partial charge in [0.2, 0.25) is 11.1 Å². The second-order valence-electron chi connectivity index (χ2n) is 12.9. The van der Waals surface area contributed by atoms with Crippen molar-refractivity contribution in [1.29, 1.82) is 0 Å². The first-order chi connectivity index (χ1) is 24.5. The van der Waals surface area contributed by atoms with E-state index in [9.17, 15) is 9.59 Å². The fourth-order valence-corrected chi connectivity index (χ4v) is 5.32. The van der Waals surface area contributed by atoms with Crippen LogP contribution >= 0.6 is 11.6 Å². The lowest BCUT2D eigenvalue weighted by Gasteiger charge is -2.07. The zero-order valence-corrected chi connectivity index (χ0v) is 29.7. The van der Waals surface area contributed by atoms with Crippen molar-refractivity contribution in [3.05, 3.63) is 134 Å². The molecule has 0 atom stereocenters. The molecule has 0 saturated carbocycles. The number of nitrogen functional groups attached to an aromatic ring is 1. The highest BCUT2D eigenvalue weighted by Gasteiger charge is 2.10. The minimum absolute atomic E-state index is 0.00770. The maximum atomic E-state index is 11.9. The van der Waals surface area contributed by atoms with Crippen LogP contribution in [0.3, 0.4) is 0 Å². The van der Waals surface area contributed by atoms with Crippen LogP contribution in [0.4, 0.5) is 11.4 Å². The number of fused-ring (bicyclic) bond motifs is 4. The van der Waals surface area contributed by atoms with Crippen molar-refractivity contribution in [2.24, 2.45) is 11.8 Å². The SMILES string of the molecule is CC(C)C(=O)Cl.CC(C)C(=O)Nc1ccc2cn(-c3ccc4ccccc4c3)nc2c1.Nc1ccc2cn(-c3ccc4ccccc4c3)nc2c1. The number of carbonyl (C=O) groups excluding carboxylic acids is 2. The first kappa shape index (κ1) is 34.9. The molecule has 0 aliphatic heterocycles. The second kappa shape index (κ2) is 15.3. The van der Waals surface area contributed by atoms with Crippen LogP contribution in [0, 0.1) is 11.8 Å². The van der Waals surface area contributed by atoms with Gasteiger partial charge < -0.3 is 11.1 Å². The minimum Gasteiger partial charge on any atom is -0.399 e. The standard InChI is InChI=1S/C21H19N3O.C17H13N3.C4H7ClO/c1-14(2)21(25)22-18-9-7-17-13-24(23-20(17)12-18)19-10-8-15-5-3-4-6-16(15)11-19;18-15-7-5-14-11-20(19-17(14)10-15)16-8-6-12-3-1-2-4-13(12)9-16;1-3(2)4(5)6/h3-14H,1-2H3,(H,22,25);1-11H,18H2;3H,1-2H3. The fourth-order valence-electron chi connectivity index (χ4n) is 5.32. The fraction of sp³-hybridized carbons (Fsp3) is 0.143. The van der Waals surface area contributed by atoms with Gasteiger partial charge in [0.05, 0.1) is 22.4 Å². The van der Waals surface area contributed by atoms with E-state index in [1.54, 1.807) is 13.8 Å². The summed E-state index contributed by atoms with van der Waals surface area (Å²) in [7, 11) is 0. The van der Waals surface area contributed by atoms with Crippen LogP contribution in [-0.2, 0) is 9.59 Å². The maximum absolute atomic E-state index is 11.9.